The van der Waals surface area contributed by atoms with Crippen LogP contribution in [-0.4, -0.2) is 26.4 Å². The summed E-state index contributed by atoms with van der Waals surface area (Å²) >= 11 is 20.1. The zero-order chi connectivity index (χ0) is 23.5. The number of hydrogen-bond donors (Lipinski definition) is 1. The Morgan fingerprint density at radius 1 is 0.970 bits per heavy atom. The van der Waals surface area contributed by atoms with Crippen molar-refractivity contribution in [2.24, 2.45) is 0 Å². The molecule has 5 nitrogen and oxygen atoms in total. The summed E-state index contributed by atoms with van der Waals surface area (Å²) < 4.78 is 1.86. The summed E-state index contributed by atoms with van der Waals surface area (Å²) in [5, 5.41) is 13.8. The second-order valence-corrected chi connectivity index (χ2v) is 9.57. The molecule has 0 aliphatic rings. The van der Waals surface area contributed by atoms with E-state index in [1.807, 2.05) is 60.9 Å². The Morgan fingerprint density at radius 3 is 2.39 bits per heavy atom. The number of halogens is 3. The Balaban J connectivity index is 1.62. The van der Waals surface area contributed by atoms with Crippen LogP contribution in [0, 0.1) is 13.8 Å². The molecule has 0 spiro atoms. The summed E-state index contributed by atoms with van der Waals surface area (Å²) in [6.07, 6.45) is 0. The second kappa shape index (κ2) is 10.2. The number of nitrogens with one attached hydrogen (secondary N) is 1. The zero-order valence-corrected chi connectivity index (χ0v) is 20.9. The van der Waals surface area contributed by atoms with Crippen LogP contribution in [0.5, 0.6) is 0 Å². The minimum Gasteiger partial charge on any atom is -0.324 e. The van der Waals surface area contributed by atoms with Crippen molar-refractivity contribution in [1.82, 2.24) is 14.8 Å². The highest BCUT2D eigenvalue weighted by atomic mass is 35.5. The monoisotopic (exact) mass is 516 g/mol. The van der Waals surface area contributed by atoms with Crippen LogP contribution in [0.1, 0.15) is 11.1 Å². The van der Waals surface area contributed by atoms with Gasteiger partial charge in [0.25, 0.3) is 0 Å². The zero-order valence-electron chi connectivity index (χ0n) is 17.8. The molecule has 3 aromatic carbocycles. The van der Waals surface area contributed by atoms with E-state index in [0.29, 0.717) is 31.7 Å². The molecule has 0 bridgehead atoms. The van der Waals surface area contributed by atoms with Crippen molar-refractivity contribution < 1.29 is 4.79 Å². The number of aromatic nitrogens is 3. The predicted molar refractivity (Wildman–Crippen MR) is 137 cm³/mol. The lowest BCUT2D eigenvalue weighted by atomic mass is 10.1. The van der Waals surface area contributed by atoms with E-state index in [4.69, 9.17) is 34.8 Å². The smallest absolute Gasteiger partial charge is 0.234 e. The molecule has 1 heterocycles. The molecule has 0 saturated heterocycles. The molecule has 168 valence electrons. The van der Waals surface area contributed by atoms with E-state index < -0.39 is 0 Å². The molecule has 33 heavy (non-hydrogen) atoms. The van der Waals surface area contributed by atoms with Crippen molar-refractivity contribution >= 4 is 58.2 Å². The van der Waals surface area contributed by atoms with Gasteiger partial charge in [-0.25, -0.2) is 0 Å². The fourth-order valence-corrected chi connectivity index (χ4v) is 4.85. The average Bonchev–Trinajstić information content (AvgIpc) is 3.19. The molecule has 0 aliphatic heterocycles. The predicted octanol–water partition coefficient (Wildman–Crippen LogP) is 7.24. The summed E-state index contributed by atoms with van der Waals surface area (Å²) in [6, 6.07) is 18.5. The molecular weight excluding hydrogens is 499 g/mol. The number of nitrogens with zero attached hydrogens (tertiary/aromatic N) is 3. The standard InChI is InChI=1S/C24H19Cl3N4OS/c1-14-11-15(2)22(20(27)12-14)28-21(32)13-33-24-30-29-23(18-5-3-4-6-19(18)26)31(24)17-9-7-16(25)8-10-17/h3-12H,13H2,1-2H3,(H,28,32). The number of thioether (sulfide) groups is 1. The lowest BCUT2D eigenvalue weighted by Crippen LogP contribution is -2.16. The number of carbonyl (C=O) groups excluding carboxylic acids is 1. The number of amides is 1. The highest BCUT2D eigenvalue weighted by molar-refractivity contribution is 7.99. The van der Waals surface area contributed by atoms with Gasteiger partial charge in [-0.3, -0.25) is 9.36 Å². The van der Waals surface area contributed by atoms with Gasteiger partial charge in [0.15, 0.2) is 11.0 Å². The summed E-state index contributed by atoms with van der Waals surface area (Å²) in [5.74, 6) is 0.500. The number of rotatable bonds is 6. The first-order valence-corrected chi connectivity index (χ1v) is 12.1. The van der Waals surface area contributed by atoms with Gasteiger partial charge in [0.2, 0.25) is 5.91 Å². The first kappa shape index (κ1) is 23.6. The molecule has 4 rings (SSSR count). The number of anilines is 1. The van der Waals surface area contributed by atoms with Crippen molar-refractivity contribution in [3.05, 3.63) is 86.9 Å². The van der Waals surface area contributed by atoms with E-state index >= 15 is 0 Å². The van der Waals surface area contributed by atoms with Gasteiger partial charge in [0.05, 0.1) is 21.5 Å². The maximum absolute atomic E-state index is 12.7. The van der Waals surface area contributed by atoms with Gasteiger partial charge < -0.3 is 5.32 Å². The lowest BCUT2D eigenvalue weighted by Gasteiger charge is -2.13. The molecule has 0 fully saturated rings. The maximum Gasteiger partial charge on any atom is 0.234 e. The quantitative estimate of drug-likeness (QED) is 0.274. The summed E-state index contributed by atoms with van der Waals surface area (Å²) in [6.45, 7) is 3.87. The van der Waals surface area contributed by atoms with Crippen LogP contribution in [0.25, 0.3) is 17.1 Å². The lowest BCUT2D eigenvalue weighted by molar-refractivity contribution is -0.113. The Bertz CT molecular complexity index is 1300. The van der Waals surface area contributed by atoms with Crippen molar-refractivity contribution in [3.63, 3.8) is 0 Å². The van der Waals surface area contributed by atoms with Crippen LogP contribution >= 0.6 is 46.6 Å². The van der Waals surface area contributed by atoms with Crippen LogP contribution < -0.4 is 5.32 Å². The van der Waals surface area contributed by atoms with Crippen molar-refractivity contribution in [2.45, 2.75) is 19.0 Å². The summed E-state index contributed by atoms with van der Waals surface area (Å²) in [4.78, 5) is 12.7. The Morgan fingerprint density at radius 2 is 1.70 bits per heavy atom. The number of aryl methyl sites for hydroxylation is 2. The van der Waals surface area contributed by atoms with Gasteiger partial charge in [-0.2, -0.15) is 0 Å². The molecule has 0 unspecified atom stereocenters. The first-order valence-electron chi connectivity index (χ1n) is 9.99. The van der Waals surface area contributed by atoms with Crippen LogP contribution in [-0.2, 0) is 4.79 Å². The molecular formula is C24H19Cl3N4OS. The SMILES string of the molecule is Cc1cc(C)c(NC(=O)CSc2nnc(-c3ccccc3Cl)n2-c2ccc(Cl)cc2)c(Cl)c1. The molecule has 1 amide bonds. The first-order chi connectivity index (χ1) is 15.8. The van der Waals surface area contributed by atoms with Gasteiger partial charge in [0, 0.05) is 16.3 Å². The second-order valence-electron chi connectivity index (χ2n) is 7.37. The molecule has 0 atom stereocenters. The third-order valence-electron chi connectivity index (χ3n) is 4.86. The summed E-state index contributed by atoms with van der Waals surface area (Å²) in [7, 11) is 0. The normalized spacial score (nSPS) is 10.9. The topological polar surface area (TPSA) is 59.8 Å². The molecule has 1 N–H and O–H groups in total. The number of carbonyl (C=O) groups is 1. The van der Waals surface area contributed by atoms with Gasteiger partial charge in [-0.05, 0) is 67.4 Å². The van der Waals surface area contributed by atoms with E-state index in [1.54, 1.807) is 18.2 Å². The minimum atomic E-state index is -0.196. The van der Waals surface area contributed by atoms with Gasteiger partial charge in [-0.1, -0.05) is 64.8 Å². The fourth-order valence-electron chi connectivity index (χ4n) is 3.38. The maximum atomic E-state index is 12.7. The van der Waals surface area contributed by atoms with Crippen LogP contribution in [0.4, 0.5) is 5.69 Å². The van der Waals surface area contributed by atoms with E-state index in [0.717, 1.165) is 22.4 Å². The molecule has 0 aliphatic carbocycles. The Labute approximate surface area is 211 Å². The van der Waals surface area contributed by atoms with E-state index in [1.165, 1.54) is 11.8 Å². The van der Waals surface area contributed by atoms with Gasteiger partial charge in [-0.15, -0.1) is 10.2 Å². The third kappa shape index (κ3) is 5.36. The fraction of sp³-hybridized carbons (Fsp3) is 0.125. The van der Waals surface area contributed by atoms with Crippen LogP contribution in [0.3, 0.4) is 0 Å². The molecule has 9 heteroatoms. The summed E-state index contributed by atoms with van der Waals surface area (Å²) in [5.41, 5.74) is 4.10. The Hall–Kier alpha value is -2.51. The minimum absolute atomic E-state index is 0.123. The molecule has 1 aromatic heterocycles. The van der Waals surface area contributed by atoms with Crippen molar-refractivity contribution in [1.29, 1.82) is 0 Å². The van der Waals surface area contributed by atoms with Crippen molar-refractivity contribution in [3.8, 4) is 17.1 Å². The van der Waals surface area contributed by atoms with Crippen molar-refractivity contribution in [2.75, 3.05) is 11.1 Å². The molecule has 0 saturated carbocycles. The highest BCUT2D eigenvalue weighted by Crippen LogP contribution is 2.33. The van der Waals surface area contributed by atoms with E-state index in [-0.39, 0.29) is 11.7 Å². The van der Waals surface area contributed by atoms with Gasteiger partial charge >= 0.3 is 0 Å². The van der Waals surface area contributed by atoms with Crippen LogP contribution in [0.15, 0.2) is 65.8 Å². The van der Waals surface area contributed by atoms with E-state index in [2.05, 4.69) is 15.5 Å². The number of hydrogen-bond acceptors (Lipinski definition) is 4. The van der Waals surface area contributed by atoms with E-state index in [9.17, 15) is 4.79 Å². The van der Waals surface area contributed by atoms with Gasteiger partial charge in [0.1, 0.15) is 0 Å². The van der Waals surface area contributed by atoms with Crippen LogP contribution in [0.2, 0.25) is 15.1 Å². The molecule has 4 aromatic rings. The largest absolute Gasteiger partial charge is 0.324 e. The molecule has 0 radical (unpaired) electrons. The third-order valence-corrected chi connectivity index (χ3v) is 6.67. The number of benzene rings is 3. The highest BCUT2D eigenvalue weighted by Gasteiger charge is 2.19. The average molecular weight is 518 g/mol. The Kier molecular flexibility index (Phi) is 7.29.